The van der Waals surface area contributed by atoms with Crippen molar-refractivity contribution in [1.82, 2.24) is 4.57 Å². The summed E-state index contributed by atoms with van der Waals surface area (Å²) in [6, 6.07) is 16.2. The Kier molecular flexibility index (Phi) is 6.76. The number of aromatic nitrogens is 1. The first kappa shape index (κ1) is 24.5. The highest BCUT2D eigenvalue weighted by Gasteiger charge is 2.35. The number of aryl methyl sites for hydroxylation is 1. The van der Waals surface area contributed by atoms with Crippen molar-refractivity contribution in [3.05, 3.63) is 84.8 Å². The van der Waals surface area contributed by atoms with Crippen molar-refractivity contribution in [2.45, 2.75) is 12.8 Å². The number of allylic oxidation sites excluding steroid dienone is 1. The summed E-state index contributed by atoms with van der Waals surface area (Å²) in [7, 11) is 2.72. The number of hydrogen-bond acceptors (Lipinski definition) is 8. The molecule has 2 heterocycles. The molecule has 0 aliphatic carbocycles. The molecule has 36 heavy (non-hydrogen) atoms. The number of nitrogens with two attached hydrogens (primary N) is 1. The van der Waals surface area contributed by atoms with Crippen molar-refractivity contribution in [3.63, 3.8) is 0 Å². The van der Waals surface area contributed by atoms with E-state index in [9.17, 15) is 19.6 Å². The van der Waals surface area contributed by atoms with Gasteiger partial charge in [-0.25, -0.2) is 4.79 Å². The standard InChI is InChI=1S/C26H22N4O5S/c1-14-4-8-16(9-5-14)29-24(32)22-21(15-6-10-17(34-2)11-7-15)18(13-27)23(28)30-25(33)19(36-26(22)30)12-20(31)35-3/h4-12,21H,28H2,1-3H3,(H,29,32)/b19-12-. The molecule has 1 atom stereocenters. The van der Waals surface area contributed by atoms with E-state index in [0.717, 1.165) is 27.5 Å². The van der Waals surface area contributed by atoms with E-state index >= 15 is 0 Å². The molecule has 0 fully saturated rings. The van der Waals surface area contributed by atoms with Crippen molar-refractivity contribution in [1.29, 1.82) is 5.26 Å². The van der Waals surface area contributed by atoms with E-state index in [4.69, 9.17) is 10.5 Å². The molecule has 0 spiro atoms. The first-order chi connectivity index (χ1) is 17.3. The molecule has 0 saturated carbocycles. The van der Waals surface area contributed by atoms with E-state index in [1.54, 1.807) is 36.4 Å². The van der Waals surface area contributed by atoms with Crippen LogP contribution in [0, 0.1) is 18.3 Å². The monoisotopic (exact) mass is 502 g/mol. The van der Waals surface area contributed by atoms with Gasteiger partial charge in [-0.1, -0.05) is 29.8 Å². The lowest BCUT2D eigenvalue weighted by Gasteiger charge is -2.25. The van der Waals surface area contributed by atoms with Crippen LogP contribution in [0.5, 0.6) is 5.75 Å². The summed E-state index contributed by atoms with van der Waals surface area (Å²) in [4.78, 5) is 38.8. The van der Waals surface area contributed by atoms with Gasteiger partial charge in [0.2, 0.25) is 0 Å². The van der Waals surface area contributed by atoms with Gasteiger partial charge in [-0.05, 0) is 36.8 Å². The molecule has 0 radical (unpaired) electrons. The van der Waals surface area contributed by atoms with Crippen LogP contribution in [0.4, 0.5) is 5.69 Å². The van der Waals surface area contributed by atoms with Gasteiger partial charge >= 0.3 is 5.97 Å². The number of nitrogens with one attached hydrogen (secondary N) is 1. The van der Waals surface area contributed by atoms with Gasteiger partial charge in [0.15, 0.2) is 0 Å². The van der Waals surface area contributed by atoms with E-state index < -0.39 is 23.4 Å². The zero-order chi connectivity index (χ0) is 26.0. The van der Waals surface area contributed by atoms with Crippen molar-refractivity contribution in [2.75, 3.05) is 19.5 Å². The summed E-state index contributed by atoms with van der Waals surface area (Å²) in [6.45, 7) is 1.93. The van der Waals surface area contributed by atoms with Crippen molar-refractivity contribution in [3.8, 4) is 11.8 Å². The molecule has 9 nitrogen and oxygen atoms in total. The maximum absolute atomic E-state index is 13.7. The van der Waals surface area contributed by atoms with E-state index in [2.05, 4.69) is 16.1 Å². The Morgan fingerprint density at radius 3 is 2.39 bits per heavy atom. The topological polar surface area (TPSA) is 136 Å². The summed E-state index contributed by atoms with van der Waals surface area (Å²) in [5, 5.41) is 12.9. The van der Waals surface area contributed by atoms with Crippen molar-refractivity contribution in [2.24, 2.45) is 5.73 Å². The maximum Gasteiger partial charge on any atom is 0.332 e. The molecule has 1 aromatic heterocycles. The van der Waals surface area contributed by atoms with Crippen LogP contribution < -0.4 is 30.5 Å². The van der Waals surface area contributed by atoms with Crippen LogP contribution in [0.1, 0.15) is 17.0 Å². The van der Waals surface area contributed by atoms with Gasteiger partial charge in [0.25, 0.3) is 11.5 Å². The Labute approximate surface area is 210 Å². The molecule has 1 amide bonds. The molecular formula is C26H22N4O5S. The Balaban J connectivity index is 2.02. The average molecular weight is 503 g/mol. The number of carbonyl (C=O) groups excluding carboxylic acids is 2. The van der Waals surface area contributed by atoms with Crippen LogP contribution in [0.3, 0.4) is 0 Å². The zero-order valence-corrected chi connectivity index (χ0v) is 20.5. The highest BCUT2D eigenvalue weighted by atomic mass is 32.1. The first-order valence-electron chi connectivity index (χ1n) is 10.8. The zero-order valence-electron chi connectivity index (χ0n) is 19.7. The van der Waals surface area contributed by atoms with Crippen LogP contribution in [0.15, 0.2) is 58.9 Å². The summed E-state index contributed by atoms with van der Waals surface area (Å²) in [6.07, 6.45) is 1.04. The minimum atomic E-state index is -0.865. The number of carbonyl (C=O) groups is 2. The number of anilines is 1. The lowest BCUT2D eigenvalue weighted by atomic mass is 9.83. The third-order valence-corrected chi connectivity index (χ3v) is 6.83. The Morgan fingerprint density at radius 2 is 1.81 bits per heavy atom. The maximum atomic E-state index is 13.7. The number of benzene rings is 2. The molecule has 3 N–H and O–H groups in total. The van der Waals surface area contributed by atoms with Crippen LogP contribution in [0.2, 0.25) is 0 Å². The molecule has 4 rings (SSSR count). The largest absolute Gasteiger partial charge is 0.497 e. The van der Waals surface area contributed by atoms with Gasteiger partial charge in [-0.15, -0.1) is 11.3 Å². The first-order valence-corrected chi connectivity index (χ1v) is 11.6. The number of fused-ring (bicyclic) bond motifs is 1. The second kappa shape index (κ2) is 9.93. The number of nitriles is 1. The fraction of sp³-hybridized carbons (Fsp3) is 0.154. The molecule has 10 heteroatoms. The number of esters is 1. The number of hydrogen-bond donors (Lipinski definition) is 2. The lowest BCUT2D eigenvalue weighted by Crippen LogP contribution is -2.40. The van der Waals surface area contributed by atoms with Gasteiger partial charge in [0.05, 0.1) is 37.4 Å². The number of rotatable bonds is 5. The molecule has 182 valence electrons. The predicted octanol–water partition coefficient (Wildman–Crippen LogP) is 1.42. The fourth-order valence-corrected chi connectivity index (χ4v) is 5.03. The van der Waals surface area contributed by atoms with Crippen molar-refractivity contribution < 1.29 is 19.1 Å². The molecule has 1 aliphatic rings. The summed E-state index contributed by atoms with van der Waals surface area (Å²) < 4.78 is 11.2. The smallest absolute Gasteiger partial charge is 0.332 e. The predicted molar refractivity (Wildman–Crippen MR) is 136 cm³/mol. The summed E-state index contributed by atoms with van der Waals surface area (Å²) >= 11 is 0.925. The van der Waals surface area contributed by atoms with E-state index in [1.807, 2.05) is 19.1 Å². The second-order valence-electron chi connectivity index (χ2n) is 7.93. The minimum absolute atomic E-state index is 0.0214. The summed E-state index contributed by atoms with van der Waals surface area (Å²) in [5.74, 6) is -1.62. The third kappa shape index (κ3) is 4.39. The number of thiazole rings is 1. The fourth-order valence-electron chi connectivity index (χ4n) is 3.90. The Morgan fingerprint density at radius 1 is 1.14 bits per heavy atom. The third-order valence-electron chi connectivity index (χ3n) is 5.72. The van der Waals surface area contributed by atoms with Crippen LogP contribution in [-0.2, 0) is 14.3 Å². The number of ether oxygens (including phenoxy) is 2. The number of methoxy groups -OCH3 is 2. The van der Waals surface area contributed by atoms with Gasteiger partial charge in [-0.2, -0.15) is 5.26 Å². The van der Waals surface area contributed by atoms with Crippen LogP contribution in [-0.4, -0.2) is 30.7 Å². The highest BCUT2D eigenvalue weighted by Crippen LogP contribution is 2.37. The summed E-state index contributed by atoms with van der Waals surface area (Å²) in [5.41, 5.74) is 8.05. The van der Waals surface area contributed by atoms with E-state index in [1.165, 1.54) is 14.2 Å². The van der Waals surface area contributed by atoms with Crippen LogP contribution in [0.25, 0.3) is 17.5 Å². The quantitative estimate of drug-likeness (QED) is 0.504. The highest BCUT2D eigenvalue weighted by molar-refractivity contribution is 7.07. The van der Waals surface area contributed by atoms with Gasteiger partial charge in [0.1, 0.15) is 20.8 Å². The molecule has 1 aliphatic heterocycles. The number of nitrogens with zero attached hydrogens (tertiary/aromatic N) is 2. The SMILES string of the molecule is COC(=O)/C=c1\sc2n(c1=O)C(N)=C(C#N)C(c1ccc(OC)cc1)C=2C(=O)Nc1ccc(C)cc1. The van der Waals surface area contributed by atoms with Crippen LogP contribution >= 0.6 is 11.3 Å². The van der Waals surface area contributed by atoms with Gasteiger partial charge in [-0.3, -0.25) is 14.2 Å². The average Bonchev–Trinajstić information content (AvgIpc) is 3.20. The minimum Gasteiger partial charge on any atom is -0.497 e. The molecule has 1 unspecified atom stereocenters. The second-order valence-corrected chi connectivity index (χ2v) is 8.96. The molecule has 3 aromatic rings. The van der Waals surface area contributed by atoms with Gasteiger partial charge < -0.3 is 20.5 Å². The normalized spacial score (nSPS) is 15.2. The van der Waals surface area contributed by atoms with Crippen molar-refractivity contribution >= 4 is 46.4 Å². The molecule has 2 aromatic carbocycles. The van der Waals surface area contributed by atoms with Gasteiger partial charge in [0, 0.05) is 11.8 Å². The Bertz CT molecular complexity index is 1610. The molecule has 0 saturated heterocycles. The van der Waals surface area contributed by atoms with E-state index in [-0.39, 0.29) is 26.2 Å². The lowest BCUT2D eigenvalue weighted by molar-refractivity contribution is -0.133. The number of amides is 1. The van der Waals surface area contributed by atoms with E-state index in [0.29, 0.717) is 17.0 Å². The molecular weight excluding hydrogens is 480 g/mol. The Hall–Kier alpha value is -4.62. The molecule has 0 bridgehead atoms.